The maximum atomic E-state index is 12.4. The molecule has 1 aliphatic heterocycles. The van der Waals surface area contributed by atoms with Crippen LogP contribution in [-0.2, 0) is 10.5 Å². The number of aromatic nitrogens is 1. The van der Waals surface area contributed by atoms with E-state index in [9.17, 15) is 4.79 Å². The fourth-order valence-electron chi connectivity index (χ4n) is 3.02. The fraction of sp³-hybridized carbons (Fsp3) is 0.400. The number of piperazine rings is 1. The molecule has 2 aromatic rings. The molecule has 1 fully saturated rings. The molecule has 0 atom stereocenters. The third kappa shape index (κ3) is 5.23. The van der Waals surface area contributed by atoms with E-state index in [0.29, 0.717) is 6.42 Å². The van der Waals surface area contributed by atoms with E-state index in [2.05, 4.69) is 40.2 Å². The number of nitrogens with zero attached hydrogens (tertiary/aromatic N) is 3. The number of amides is 1. The molecule has 5 heteroatoms. The first-order valence-corrected chi connectivity index (χ1v) is 9.95. The van der Waals surface area contributed by atoms with Crippen LogP contribution >= 0.6 is 11.8 Å². The van der Waals surface area contributed by atoms with Crippen LogP contribution in [-0.4, -0.2) is 47.7 Å². The number of anilines is 1. The molecule has 3 rings (SSSR count). The molecule has 0 radical (unpaired) electrons. The van der Waals surface area contributed by atoms with Crippen molar-refractivity contribution in [3.63, 3.8) is 0 Å². The molecule has 0 N–H and O–H groups in total. The van der Waals surface area contributed by atoms with E-state index in [-0.39, 0.29) is 5.91 Å². The Kier molecular flexibility index (Phi) is 6.34. The van der Waals surface area contributed by atoms with E-state index in [0.717, 1.165) is 43.4 Å². The van der Waals surface area contributed by atoms with Gasteiger partial charge in [-0.15, -0.1) is 0 Å². The minimum absolute atomic E-state index is 0.283. The van der Waals surface area contributed by atoms with E-state index in [1.165, 1.54) is 11.3 Å². The minimum Gasteiger partial charge on any atom is -0.368 e. The molecule has 1 saturated heterocycles. The molecule has 1 aliphatic rings. The van der Waals surface area contributed by atoms with Gasteiger partial charge in [0.2, 0.25) is 5.91 Å². The van der Waals surface area contributed by atoms with Crippen molar-refractivity contribution in [2.45, 2.75) is 19.1 Å². The van der Waals surface area contributed by atoms with Gasteiger partial charge in [0, 0.05) is 61.7 Å². The van der Waals surface area contributed by atoms with Crippen LogP contribution in [0.5, 0.6) is 0 Å². The predicted molar refractivity (Wildman–Crippen MR) is 105 cm³/mol. The van der Waals surface area contributed by atoms with E-state index in [1.54, 1.807) is 0 Å². The Morgan fingerprint density at radius 1 is 1.12 bits per heavy atom. The monoisotopic (exact) mass is 355 g/mol. The van der Waals surface area contributed by atoms with Crippen LogP contribution in [0.15, 0.2) is 48.7 Å². The summed E-state index contributed by atoms with van der Waals surface area (Å²) in [5.41, 5.74) is 3.56. The summed E-state index contributed by atoms with van der Waals surface area (Å²) in [6, 6.07) is 14.6. The van der Waals surface area contributed by atoms with Crippen molar-refractivity contribution >= 4 is 23.4 Å². The molecular formula is C20H25N3OS. The first kappa shape index (κ1) is 17.8. The van der Waals surface area contributed by atoms with Crippen LogP contribution in [0.3, 0.4) is 0 Å². The molecule has 1 amide bonds. The summed E-state index contributed by atoms with van der Waals surface area (Å²) in [5, 5.41) is 0. The van der Waals surface area contributed by atoms with Crippen LogP contribution in [0.1, 0.15) is 17.7 Å². The second-order valence-electron chi connectivity index (χ2n) is 6.31. The van der Waals surface area contributed by atoms with E-state index >= 15 is 0 Å². The molecule has 2 heterocycles. The SMILES string of the molecule is Cc1cc(N2CCN(C(=O)CCSCc3ccccc3)CC2)ccn1. The smallest absolute Gasteiger partial charge is 0.223 e. The van der Waals surface area contributed by atoms with Gasteiger partial charge >= 0.3 is 0 Å². The average Bonchev–Trinajstić information content (AvgIpc) is 2.66. The summed E-state index contributed by atoms with van der Waals surface area (Å²) in [6.45, 7) is 5.42. The summed E-state index contributed by atoms with van der Waals surface area (Å²) in [6.07, 6.45) is 2.48. The quantitative estimate of drug-likeness (QED) is 0.745. The highest BCUT2D eigenvalue weighted by atomic mass is 32.2. The molecule has 0 aliphatic carbocycles. The number of carbonyl (C=O) groups excluding carboxylic acids is 1. The molecule has 1 aromatic carbocycles. The third-order valence-corrected chi connectivity index (χ3v) is 5.48. The van der Waals surface area contributed by atoms with E-state index in [1.807, 2.05) is 41.9 Å². The Hall–Kier alpha value is -2.01. The zero-order valence-corrected chi connectivity index (χ0v) is 15.5. The maximum absolute atomic E-state index is 12.4. The molecule has 0 saturated carbocycles. The number of carbonyl (C=O) groups is 1. The van der Waals surface area contributed by atoms with Gasteiger partial charge in [0.25, 0.3) is 0 Å². The third-order valence-electron chi connectivity index (χ3n) is 4.45. The lowest BCUT2D eigenvalue weighted by Gasteiger charge is -2.36. The molecule has 4 nitrogen and oxygen atoms in total. The highest BCUT2D eigenvalue weighted by molar-refractivity contribution is 7.98. The predicted octanol–water partition coefficient (Wildman–Crippen LogP) is 3.36. The van der Waals surface area contributed by atoms with Crippen molar-refractivity contribution in [3.05, 3.63) is 59.9 Å². The van der Waals surface area contributed by atoms with Crippen LogP contribution < -0.4 is 4.90 Å². The Morgan fingerprint density at radius 2 is 1.88 bits per heavy atom. The van der Waals surface area contributed by atoms with Crippen molar-refractivity contribution in [1.82, 2.24) is 9.88 Å². The van der Waals surface area contributed by atoms with Gasteiger partial charge in [0.05, 0.1) is 0 Å². The van der Waals surface area contributed by atoms with Gasteiger partial charge in [0.1, 0.15) is 0 Å². The number of hydrogen-bond acceptors (Lipinski definition) is 4. The highest BCUT2D eigenvalue weighted by Crippen LogP contribution is 2.18. The Bertz CT molecular complexity index is 684. The van der Waals surface area contributed by atoms with Gasteiger partial charge in [-0.1, -0.05) is 30.3 Å². The summed E-state index contributed by atoms with van der Waals surface area (Å²) in [4.78, 5) is 21.0. The minimum atomic E-state index is 0.283. The van der Waals surface area contributed by atoms with Crippen molar-refractivity contribution in [3.8, 4) is 0 Å². The number of thioether (sulfide) groups is 1. The Morgan fingerprint density at radius 3 is 2.60 bits per heavy atom. The number of rotatable bonds is 6. The zero-order chi connectivity index (χ0) is 17.5. The topological polar surface area (TPSA) is 36.4 Å². The number of hydrogen-bond donors (Lipinski definition) is 0. The second-order valence-corrected chi connectivity index (χ2v) is 7.42. The second kappa shape index (κ2) is 8.90. The van der Waals surface area contributed by atoms with E-state index in [4.69, 9.17) is 0 Å². The normalized spacial score (nSPS) is 14.6. The van der Waals surface area contributed by atoms with E-state index < -0.39 is 0 Å². The summed E-state index contributed by atoms with van der Waals surface area (Å²) >= 11 is 1.83. The molecular weight excluding hydrogens is 330 g/mol. The van der Waals surface area contributed by atoms with Crippen LogP contribution in [0.4, 0.5) is 5.69 Å². The molecule has 0 bridgehead atoms. The van der Waals surface area contributed by atoms with Crippen LogP contribution in [0.2, 0.25) is 0 Å². The average molecular weight is 356 g/mol. The fourth-order valence-corrected chi connectivity index (χ4v) is 3.91. The lowest BCUT2D eigenvalue weighted by atomic mass is 10.2. The molecule has 25 heavy (non-hydrogen) atoms. The van der Waals surface area contributed by atoms with Crippen molar-refractivity contribution < 1.29 is 4.79 Å². The van der Waals surface area contributed by atoms with Crippen molar-refractivity contribution in [1.29, 1.82) is 0 Å². The maximum Gasteiger partial charge on any atom is 0.223 e. The van der Waals surface area contributed by atoms with Crippen molar-refractivity contribution in [2.75, 3.05) is 36.8 Å². The molecule has 132 valence electrons. The van der Waals surface area contributed by atoms with Gasteiger partial charge in [-0.25, -0.2) is 0 Å². The highest BCUT2D eigenvalue weighted by Gasteiger charge is 2.21. The first-order valence-electron chi connectivity index (χ1n) is 8.79. The van der Waals surface area contributed by atoms with Crippen LogP contribution in [0, 0.1) is 6.92 Å². The standard InChI is InChI=1S/C20H25N3OS/c1-17-15-19(7-9-21-17)22-10-12-23(13-11-22)20(24)8-14-25-16-18-5-3-2-4-6-18/h2-7,9,15H,8,10-14,16H2,1H3. The van der Waals surface area contributed by atoms with Gasteiger partial charge < -0.3 is 9.80 Å². The van der Waals surface area contributed by atoms with Crippen LogP contribution in [0.25, 0.3) is 0 Å². The summed E-state index contributed by atoms with van der Waals surface area (Å²) in [5.74, 6) is 2.15. The molecule has 1 aromatic heterocycles. The lowest BCUT2D eigenvalue weighted by molar-refractivity contribution is -0.131. The molecule has 0 unspecified atom stereocenters. The number of aryl methyl sites for hydroxylation is 1. The van der Waals surface area contributed by atoms with Crippen molar-refractivity contribution in [2.24, 2.45) is 0 Å². The zero-order valence-electron chi connectivity index (χ0n) is 14.7. The first-order chi connectivity index (χ1) is 12.2. The van der Waals surface area contributed by atoms with Gasteiger partial charge in [-0.3, -0.25) is 9.78 Å². The summed E-state index contributed by atoms with van der Waals surface area (Å²) < 4.78 is 0. The van der Waals surface area contributed by atoms with Gasteiger partial charge in [0.15, 0.2) is 0 Å². The number of benzene rings is 1. The Labute approximate surface area is 154 Å². The largest absolute Gasteiger partial charge is 0.368 e. The summed E-state index contributed by atoms with van der Waals surface area (Å²) in [7, 11) is 0. The Balaban J connectivity index is 1.38. The van der Waals surface area contributed by atoms with Gasteiger partial charge in [-0.2, -0.15) is 11.8 Å². The lowest BCUT2D eigenvalue weighted by Crippen LogP contribution is -2.48. The number of pyridine rings is 1. The van der Waals surface area contributed by atoms with Gasteiger partial charge in [-0.05, 0) is 24.6 Å². The molecule has 0 spiro atoms.